The lowest BCUT2D eigenvalue weighted by molar-refractivity contribution is 0.0951. The number of aryl methyl sites for hydroxylation is 1. The second-order valence-electron chi connectivity index (χ2n) is 6.39. The fraction of sp³-hybridized carbons (Fsp3) is 0.350. The minimum atomic E-state index is -3.69. The molecule has 1 unspecified atom stereocenters. The maximum Gasteiger partial charge on any atom is 0.251 e. The Balaban J connectivity index is 2.09. The number of amides is 1. The lowest BCUT2D eigenvalue weighted by Crippen LogP contribution is -2.29. The largest absolute Gasteiger partial charge is 0.383 e. The van der Waals surface area contributed by atoms with Crippen molar-refractivity contribution in [3.8, 4) is 0 Å². The van der Waals surface area contributed by atoms with E-state index in [0.717, 1.165) is 11.1 Å². The topological polar surface area (TPSA) is 84.5 Å². The molecular formula is C20H26N2O4S. The summed E-state index contributed by atoms with van der Waals surface area (Å²) in [7, 11) is -2.19. The first-order valence-electron chi connectivity index (χ1n) is 8.77. The summed E-state index contributed by atoms with van der Waals surface area (Å²) < 4.78 is 32.0. The Hall–Kier alpha value is -2.22. The van der Waals surface area contributed by atoms with Crippen LogP contribution < -0.4 is 10.0 Å². The van der Waals surface area contributed by atoms with E-state index in [1.54, 1.807) is 13.0 Å². The number of benzene rings is 2. The average Bonchev–Trinajstić information content (AvgIpc) is 2.66. The van der Waals surface area contributed by atoms with Gasteiger partial charge in [-0.1, -0.05) is 43.3 Å². The maximum atomic E-state index is 12.6. The molecule has 0 aliphatic carbocycles. The normalized spacial score (nSPS) is 12.6. The van der Waals surface area contributed by atoms with Crippen molar-refractivity contribution in [1.29, 1.82) is 0 Å². The molecule has 0 saturated heterocycles. The molecule has 0 bridgehead atoms. The Labute approximate surface area is 161 Å². The van der Waals surface area contributed by atoms with Crippen molar-refractivity contribution < 1.29 is 17.9 Å². The number of hydrogen-bond donors (Lipinski definition) is 2. The molecule has 0 radical (unpaired) electrons. The first kappa shape index (κ1) is 21.1. The van der Waals surface area contributed by atoms with Crippen LogP contribution in [0.15, 0.2) is 53.4 Å². The van der Waals surface area contributed by atoms with Gasteiger partial charge in [-0.3, -0.25) is 4.79 Å². The van der Waals surface area contributed by atoms with Crippen LogP contribution in [0.4, 0.5) is 0 Å². The van der Waals surface area contributed by atoms with Crippen LogP contribution in [0.5, 0.6) is 0 Å². The van der Waals surface area contributed by atoms with Gasteiger partial charge in [-0.25, -0.2) is 13.1 Å². The van der Waals surface area contributed by atoms with Crippen LogP contribution in [0.25, 0.3) is 0 Å². The Bertz CT molecular complexity index is 867. The van der Waals surface area contributed by atoms with E-state index in [0.29, 0.717) is 12.1 Å². The summed E-state index contributed by atoms with van der Waals surface area (Å²) in [5, 5.41) is 2.89. The molecule has 2 N–H and O–H groups in total. The van der Waals surface area contributed by atoms with Gasteiger partial charge in [0.15, 0.2) is 0 Å². The minimum absolute atomic E-state index is 0.0606. The second-order valence-corrected chi connectivity index (χ2v) is 8.16. The zero-order valence-electron chi connectivity index (χ0n) is 15.9. The fourth-order valence-electron chi connectivity index (χ4n) is 2.61. The molecule has 146 valence electrons. The molecule has 6 nitrogen and oxygen atoms in total. The molecule has 1 amide bonds. The van der Waals surface area contributed by atoms with Crippen molar-refractivity contribution in [2.75, 3.05) is 26.8 Å². The van der Waals surface area contributed by atoms with Crippen LogP contribution in [-0.2, 0) is 14.8 Å². The molecule has 0 heterocycles. The molecule has 0 saturated carbocycles. The van der Waals surface area contributed by atoms with Gasteiger partial charge >= 0.3 is 0 Å². The zero-order valence-corrected chi connectivity index (χ0v) is 16.7. The van der Waals surface area contributed by atoms with E-state index < -0.39 is 10.0 Å². The van der Waals surface area contributed by atoms with E-state index in [-0.39, 0.29) is 29.9 Å². The molecule has 0 spiro atoms. The molecule has 2 aromatic rings. The highest BCUT2D eigenvalue weighted by Crippen LogP contribution is 2.17. The predicted molar refractivity (Wildman–Crippen MR) is 105 cm³/mol. The van der Waals surface area contributed by atoms with Crippen LogP contribution in [-0.4, -0.2) is 41.1 Å². The first-order chi connectivity index (χ1) is 12.8. The lowest BCUT2D eigenvalue weighted by Gasteiger charge is -2.15. The highest BCUT2D eigenvalue weighted by Gasteiger charge is 2.18. The van der Waals surface area contributed by atoms with Crippen molar-refractivity contribution in [1.82, 2.24) is 10.0 Å². The standard InChI is InChI=1S/C20H26N2O4S/c1-15-9-10-18(27(24,25)22-11-12-26-3)13-19(15)20(23)21-14-16(2)17-7-5-4-6-8-17/h4-10,13,16,22H,11-12,14H2,1-3H3,(H,21,23). The van der Waals surface area contributed by atoms with Crippen LogP contribution in [0.3, 0.4) is 0 Å². The lowest BCUT2D eigenvalue weighted by atomic mass is 10.0. The van der Waals surface area contributed by atoms with E-state index in [1.807, 2.05) is 37.3 Å². The Morgan fingerprint density at radius 1 is 1.15 bits per heavy atom. The van der Waals surface area contributed by atoms with Gasteiger partial charge in [0.2, 0.25) is 10.0 Å². The minimum Gasteiger partial charge on any atom is -0.383 e. The summed E-state index contributed by atoms with van der Waals surface area (Å²) >= 11 is 0. The van der Waals surface area contributed by atoms with Gasteiger partial charge in [-0.2, -0.15) is 0 Å². The van der Waals surface area contributed by atoms with E-state index >= 15 is 0 Å². The zero-order chi connectivity index (χ0) is 19.9. The third-order valence-electron chi connectivity index (χ3n) is 4.30. The van der Waals surface area contributed by atoms with E-state index in [1.165, 1.54) is 19.2 Å². The number of sulfonamides is 1. The smallest absolute Gasteiger partial charge is 0.251 e. The highest BCUT2D eigenvalue weighted by atomic mass is 32.2. The Morgan fingerprint density at radius 3 is 2.52 bits per heavy atom. The highest BCUT2D eigenvalue weighted by molar-refractivity contribution is 7.89. The van der Waals surface area contributed by atoms with Crippen molar-refractivity contribution in [3.05, 3.63) is 65.2 Å². The van der Waals surface area contributed by atoms with Crippen molar-refractivity contribution in [3.63, 3.8) is 0 Å². The monoisotopic (exact) mass is 390 g/mol. The van der Waals surface area contributed by atoms with Crippen molar-refractivity contribution in [2.24, 2.45) is 0 Å². The summed E-state index contributed by atoms with van der Waals surface area (Å²) in [4.78, 5) is 12.7. The number of carbonyl (C=O) groups is 1. The summed E-state index contributed by atoms with van der Waals surface area (Å²) in [5.74, 6) is -0.137. The number of carbonyl (C=O) groups excluding carboxylic acids is 1. The number of nitrogens with one attached hydrogen (secondary N) is 2. The fourth-order valence-corrected chi connectivity index (χ4v) is 3.65. The molecule has 0 fully saturated rings. The van der Waals surface area contributed by atoms with Gasteiger partial charge in [-0.05, 0) is 36.1 Å². The third-order valence-corrected chi connectivity index (χ3v) is 5.76. The van der Waals surface area contributed by atoms with Crippen molar-refractivity contribution >= 4 is 15.9 Å². The van der Waals surface area contributed by atoms with Gasteiger partial charge in [0.05, 0.1) is 11.5 Å². The van der Waals surface area contributed by atoms with Crippen LogP contribution in [0.1, 0.15) is 34.3 Å². The second kappa shape index (κ2) is 9.64. The SMILES string of the molecule is COCCNS(=O)(=O)c1ccc(C)c(C(=O)NCC(C)c2ccccc2)c1. The molecule has 0 aliphatic rings. The molecule has 7 heteroatoms. The predicted octanol–water partition coefficient (Wildman–Crippen LogP) is 2.45. The summed E-state index contributed by atoms with van der Waals surface area (Å²) in [6.45, 7) is 4.72. The third kappa shape index (κ3) is 5.89. The molecule has 1 atom stereocenters. The number of ether oxygens (including phenoxy) is 1. The van der Waals surface area contributed by atoms with Crippen LogP contribution >= 0.6 is 0 Å². The molecule has 27 heavy (non-hydrogen) atoms. The Kier molecular flexibility index (Phi) is 7.53. The van der Waals surface area contributed by atoms with E-state index in [9.17, 15) is 13.2 Å². The quantitative estimate of drug-likeness (QED) is 0.644. The van der Waals surface area contributed by atoms with Gasteiger partial charge in [0.1, 0.15) is 0 Å². The number of methoxy groups -OCH3 is 1. The molecule has 2 rings (SSSR count). The van der Waals surface area contributed by atoms with Gasteiger partial charge in [0, 0.05) is 25.8 Å². The summed E-state index contributed by atoms with van der Waals surface area (Å²) in [5.41, 5.74) is 2.20. The van der Waals surface area contributed by atoms with Gasteiger partial charge in [-0.15, -0.1) is 0 Å². The van der Waals surface area contributed by atoms with Crippen LogP contribution in [0, 0.1) is 6.92 Å². The molecule has 0 aliphatic heterocycles. The first-order valence-corrected chi connectivity index (χ1v) is 10.3. The molecule has 0 aromatic heterocycles. The maximum absolute atomic E-state index is 12.6. The van der Waals surface area contributed by atoms with E-state index in [2.05, 4.69) is 10.0 Å². The van der Waals surface area contributed by atoms with Crippen molar-refractivity contribution in [2.45, 2.75) is 24.7 Å². The Morgan fingerprint density at radius 2 is 1.85 bits per heavy atom. The van der Waals surface area contributed by atoms with Gasteiger partial charge < -0.3 is 10.1 Å². The van der Waals surface area contributed by atoms with E-state index in [4.69, 9.17) is 4.74 Å². The molecular weight excluding hydrogens is 364 g/mol. The van der Waals surface area contributed by atoms with Gasteiger partial charge in [0.25, 0.3) is 5.91 Å². The average molecular weight is 391 g/mol. The number of rotatable bonds is 9. The summed E-state index contributed by atoms with van der Waals surface area (Å²) in [6.07, 6.45) is 0. The molecule has 2 aromatic carbocycles. The van der Waals surface area contributed by atoms with Crippen LogP contribution in [0.2, 0.25) is 0 Å². The number of hydrogen-bond acceptors (Lipinski definition) is 4. The summed E-state index contributed by atoms with van der Waals surface area (Å²) in [6, 6.07) is 14.4.